The molecule has 2 fully saturated rings. The first kappa shape index (κ1) is 21.3. The highest BCUT2D eigenvalue weighted by Crippen LogP contribution is 2.35. The zero-order valence-electron chi connectivity index (χ0n) is 18.3. The normalized spacial score (nSPS) is 19.3. The molecule has 0 bridgehead atoms. The van der Waals surface area contributed by atoms with Crippen molar-refractivity contribution in [3.8, 4) is 0 Å². The zero-order valence-corrected chi connectivity index (χ0v) is 19.1. The van der Waals surface area contributed by atoms with Gasteiger partial charge in [0, 0.05) is 18.5 Å². The van der Waals surface area contributed by atoms with E-state index in [2.05, 4.69) is 21.9 Å². The standard InChI is InChI=1S/C22H33N5O2S/c1-15-18-13-19(30-22(18)27(24-15)17-7-5-4-6-8-17)21(29)23-14-20(28)26(3)16-9-11-25(2)12-10-16/h13,16-17H,4-12,14H2,1-3H3,(H,23,29). The summed E-state index contributed by atoms with van der Waals surface area (Å²) in [5, 5.41) is 8.66. The maximum absolute atomic E-state index is 12.7. The summed E-state index contributed by atoms with van der Waals surface area (Å²) in [5.41, 5.74) is 0.976. The number of aromatic nitrogens is 2. The molecule has 2 aromatic heterocycles. The largest absolute Gasteiger partial charge is 0.342 e. The summed E-state index contributed by atoms with van der Waals surface area (Å²) >= 11 is 1.49. The minimum atomic E-state index is -0.170. The molecule has 4 rings (SSSR count). The summed E-state index contributed by atoms with van der Waals surface area (Å²) in [5.74, 6) is -0.195. The quantitative estimate of drug-likeness (QED) is 0.789. The number of likely N-dealkylation sites (tertiary alicyclic amines) is 1. The lowest BCUT2D eigenvalue weighted by Gasteiger charge is -2.35. The Hall–Kier alpha value is -1.93. The Balaban J connectivity index is 1.39. The van der Waals surface area contributed by atoms with Crippen molar-refractivity contribution in [2.45, 2.75) is 64.0 Å². The molecule has 1 N–H and O–H groups in total. The maximum atomic E-state index is 12.7. The predicted octanol–water partition coefficient (Wildman–Crippen LogP) is 3.19. The number of likely N-dealkylation sites (N-methyl/N-ethyl adjacent to an activating group) is 1. The molecule has 3 heterocycles. The van der Waals surface area contributed by atoms with Crippen molar-refractivity contribution in [3.63, 3.8) is 0 Å². The molecule has 1 saturated carbocycles. The number of amides is 2. The first-order chi connectivity index (χ1) is 14.4. The molecule has 1 aliphatic carbocycles. The maximum Gasteiger partial charge on any atom is 0.261 e. The van der Waals surface area contributed by atoms with E-state index in [0.717, 1.165) is 54.7 Å². The number of aryl methyl sites for hydroxylation is 1. The third-order valence-corrected chi connectivity index (χ3v) is 7.87. The molecule has 7 nitrogen and oxygen atoms in total. The van der Waals surface area contributed by atoms with Crippen LogP contribution in [0.25, 0.3) is 10.2 Å². The summed E-state index contributed by atoms with van der Waals surface area (Å²) in [6, 6.07) is 2.63. The Labute approximate surface area is 182 Å². The average molecular weight is 432 g/mol. The van der Waals surface area contributed by atoms with Gasteiger partial charge in [0.25, 0.3) is 5.91 Å². The second-order valence-electron chi connectivity index (χ2n) is 8.87. The summed E-state index contributed by atoms with van der Waals surface area (Å²) in [6.07, 6.45) is 8.09. The molecule has 0 aromatic carbocycles. The number of nitrogens with zero attached hydrogens (tertiary/aromatic N) is 4. The number of piperidine rings is 1. The van der Waals surface area contributed by atoms with E-state index in [9.17, 15) is 9.59 Å². The van der Waals surface area contributed by atoms with Crippen molar-refractivity contribution in [1.82, 2.24) is 24.9 Å². The second-order valence-corrected chi connectivity index (χ2v) is 9.90. The van der Waals surface area contributed by atoms with Gasteiger partial charge >= 0.3 is 0 Å². The molecule has 8 heteroatoms. The van der Waals surface area contributed by atoms with Crippen LogP contribution in [-0.4, -0.2) is 71.2 Å². The molecule has 0 unspecified atom stereocenters. The van der Waals surface area contributed by atoms with Gasteiger partial charge in [0.05, 0.1) is 23.2 Å². The lowest BCUT2D eigenvalue weighted by Crippen LogP contribution is -2.47. The fraction of sp³-hybridized carbons (Fsp3) is 0.682. The predicted molar refractivity (Wildman–Crippen MR) is 120 cm³/mol. The van der Waals surface area contributed by atoms with Gasteiger partial charge in [-0.1, -0.05) is 19.3 Å². The second kappa shape index (κ2) is 9.06. The molecule has 164 valence electrons. The topological polar surface area (TPSA) is 70.5 Å². The number of hydrogen-bond acceptors (Lipinski definition) is 5. The summed E-state index contributed by atoms with van der Waals surface area (Å²) < 4.78 is 2.14. The SMILES string of the molecule is Cc1nn(C2CCCCC2)c2sc(C(=O)NCC(=O)N(C)C3CCN(C)CC3)cc12. The van der Waals surface area contributed by atoms with Crippen molar-refractivity contribution >= 4 is 33.4 Å². The van der Waals surface area contributed by atoms with Gasteiger partial charge in [-0.2, -0.15) is 5.10 Å². The van der Waals surface area contributed by atoms with Crippen LogP contribution in [0.5, 0.6) is 0 Å². The molecule has 0 atom stereocenters. The van der Waals surface area contributed by atoms with E-state index >= 15 is 0 Å². The van der Waals surface area contributed by atoms with Crippen molar-refractivity contribution in [2.24, 2.45) is 0 Å². The lowest BCUT2D eigenvalue weighted by atomic mass is 9.96. The molecule has 2 aliphatic rings. The van der Waals surface area contributed by atoms with Gasteiger partial charge in [-0.15, -0.1) is 11.3 Å². The lowest BCUT2D eigenvalue weighted by molar-refractivity contribution is -0.131. The Kier molecular flexibility index (Phi) is 6.43. The molecule has 0 spiro atoms. The molecular formula is C22H33N5O2S. The third-order valence-electron chi connectivity index (χ3n) is 6.74. The van der Waals surface area contributed by atoms with E-state index in [0.29, 0.717) is 10.9 Å². The highest BCUT2D eigenvalue weighted by molar-refractivity contribution is 7.20. The molecule has 2 amide bonds. The van der Waals surface area contributed by atoms with Crippen LogP contribution in [0.15, 0.2) is 6.07 Å². The molecule has 1 saturated heterocycles. The van der Waals surface area contributed by atoms with Crippen LogP contribution in [0.1, 0.15) is 66.4 Å². The van der Waals surface area contributed by atoms with Crippen LogP contribution in [0.3, 0.4) is 0 Å². The Morgan fingerprint density at radius 1 is 1.20 bits per heavy atom. The number of fused-ring (bicyclic) bond motifs is 1. The minimum absolute atomic E-state index is 0.0245. The molecular weight excluding hydrogens is 398 g/mol. The zero-order chi connectivity index (χ0) is 21.3. The Bertz CT molecular complexity index is 906. The van der Waals surface area contributed by atoms with Gasteiger partial charge < -0.3 is 15.1 Å². The number of nitrogens with one attached hydrogen (secondary N) is 1. The van der Waals surface area contributed by atoms with Crippen molar-refractivity contribution in [1.29, 1.82) is 0 Å². The highest BCUT2D eigenvalue weighted by atomic mass is 32.1. The van der Waals surface area contributed by atoms with Gasteiger partial charge in [0.15, 0.2) is 0 Å². The van der Waals surface area contributed by atoms with E-state index in [1.54, 1.807) is 0 Å². The van der Waals surface area contributed by atoms with E-state index in [1.807, 2.05) is 24.9 Å². The smallest absolute Gasteiger partial charge is 0.261 e. The van der Waals surface area contributed by atoms with Gasteiger partial charge in [-0.25, -0.2) is 0 Å². The van der Waals surface area contributed by atoms with Crippen LogP contribution in [-0.2, 0) is 4.79 Å². The van der Waals surface area contributed by atoms with Crippen molar-refractivity contribution in [3.05, 3.63) is 16.6 Å². The van der Waals surface area contributed by atoms with Gasteiger partial charge in [0.1, 0.15) is 4.83 Å². The van der Waals surface area contributed by atoms with Gasteiger partial charge in [-0.05, 0) is 58.8 Å². The van der Waals surface area contributed by atoms with Crippen LogP contribution in [0, 0.1) is 6.92 Å². The van der Waals surface area contributed by atoms with Crippen LogP contribution >= 0.6 is 11.3 Å². The fourth-order valence-electron chi connectivity index (χ4n) is 4.71. The molecule has 30 heavy (non-hydrogen) atoms. The Morgan fingerprint density at radius 3 is 2.60 bits per heavy atom. The number of carbonyl (C=O) groups is 2. The highest BCUT2D eigenvalue weighted by Gasteiger charge is 2.25. The Morgan fingerprint density at radius 2 is 1.90 bits per heavy atom. The molecule has 0 radical (unpaired) electrons. The first-order valence-corrected chi connectivity index (χ1v) is 12.0. The summed E-state index contributed by atoms with van der Waals surface area (Å²) in [6.45, 7) is 4.07. The van der Waals surface area contributed by atoms with Crippen LogP contribution in [0.4, 0.5) is 0 Å². The fourth-order valence-corrected chi connectivity index (χ4v) is 5.86. The molecule has 2 aromatic rings. The van der Waals surface area contributed by atoms with Crippen molar-refractivity contribution in [2.75, 3.05) is 33.7 Å². The average Bonchev–Trinajstić information content (AvgIpc) is 3.33. The van der Waals surface area contributed by atoms with E-state index in [1.165, 1.54) is 30.6 Å². The van der Waals surface area contributed by atoms with E-state index in [-0.39, 0.29) is 24.4 Å². The number of rotatable bonds is 5. The van der Waals surface area contributed by atoms with Crippen LogP contribution < -0.4 is 5.32 Å². The van der Waals surface area contributed by atoms with Crippen molar-refractivity contribution < 1.29 is 9.59 Å². The minimum Gasteiger partial charge on any atom is -0.342 e. The van der Waals surface area contributed by atoms with Gasteiger partial charge in [-0.3, -0.25) is 14.3 Å². The monoisotopic (exact) mass is 431 g/mol. The summed E-state index contributed by atoms with van der Waals surface area (Å²) in [4.78, 5) is 31.2. The molecule has 1 aliphatic heterocycles. The van der Waals surface area contributed by atoms with E-state index in [4.69, 9.17) is 5.10 Å². The summed E-state index contributed by atoms with van der Waals surface area (Å²) in [7, 11) is 3.96. The van der Waals surface area contributed by atoms with E-state index < -0.39 is 0 Å². The number of hydrogen-bond donors (Lipinski definition) is 1. The first-order valence-electron chi connectivity index (χ1n) is 11.1. The number of carbonyl (C=O) groups excluding carboxylic acids is 2. The third kappa shape index (κ3) is 4.39. The van der Waals surface area contributed by atoms with Crippen LogP contribution in [0.2, 0.25) is 0 Å². The van der Waals surface area contributed by atoms with Gasteiger partial charge in [0.2, 0.25) is 5.91 Å². The number of thiophene rings is 1.